The van der Waals surface area contributed by atoms with Gasteiger partial charge in [0.25, 0.3) is 0 Å². The predicted molar refractivity (Wildman–Crippen MR) is 70.9 cm³/mol. The molecule has 0 amide bonds. The molecule has 4 heteroatoms. The maximum absolute atomic E-state index is 9.95. The summed E-state index contributed by atoms with van der Waals surface area (Å²) in [5.41, 5.74) is 0.765. The van der Waals surface area contributed by atoms with Crippen molar-refractivity contribution < 1.29 is 9.84 Å². The molecular weight excluding hydrogens is 238 g/mol. The highest BCUT2D eigenvalue weighted by Crippen LogP contribution is 2.33. The number of hydrogen-bond donors (Lipinski definition) is 2. The lowest BCUT2D eigenvalue weighted by Gasteiger charge is -2.16. The number of hydrogen-bond acceptors (Lipinski definition) is 3. The smallest absolute Gasteiger partial charge is 0.162 e. The summed E-state index contributed by atoms with van der Waals surface area (Å²) in [5, 5.41) is 13.9. The molecule has 0 saturated carbocycles. The van der Waals surface area contributed by atoms with E-state index in [1.54, 1.807) is 12.1 Å². The number of halogens is 1. The van der Waals surface area contributed by atoms with E-state index in [4.69, 9.17) is 16.3 Å². The van der Waals surface area contributed by atoms with Crippen molar-refractivity contribution in [3.63, 3.8) is 0 Å². The highest BCUT2D eigenvalue weighted by molar-refractivity contribution is 6.30. The van der Waals surface area contributed by atoms with Crippen LogP contribution >= 0.6 is 11.6 Å². The van der Waals surface area contributed by atoms with E-state index in [-0.39, 0.29) is 5.75 Å². The first kappa shape index (κ1) is 14.1. The van der Waals surface area contributed by atoms with Gasteiger partial charge in [0, 0.05) is 29.2 Å². The van der Waals surface area contributed by atoms with Crippen molar-refractivity contribution in [2.24, 2.45) is 0 Å². The second-order valence-electron chi connectivity index (χ2n) is 4.01. The van der Waals surface area contributed by atoms with Gasteiger partial charge in [0.05, 0.1) is 7.11 Å². The van der Waals surface area contributed by atoms with Crippen LogP contribution in [0.3, 0.4) is 0 Å². The number of rotatable bonds is 6. The third kappa shape index (κ3) is 3.79. The molecular formula is C13H20ClNO2. The van der Waals surface area contributed by atoms with E-state index < -0.39 is 0 Å². The van der Waals surface area contributed by atoms with Gasteiger partial charge in [0.2, 0.25) is 0 Å². The first-order valence-electron chi connectivity index (χ1n) is 5.91. The van der Waals surface area contributed by atoms with Gasteiger partial charge in [-0.25, -0.2) is 0 Å². The number of ether oxygens (including phenoxy) is 1. The maximum atomic E-state index is 9.95. The number of nitrogens with one attached hydrogen (secondary N) is 1. The molecule has 17 heavy (non-hydrogen) atoms. The Hall–Kier alpha value is -0.930. The third-order valence-corrected chi connectivity index (χ3v) is 3.12. The van der Waals surface area contributed by atoms with Crippen molar-refractivity contribution in [3.05, 3.63) is 22.7 Å². The zero-order valence-electron chi connectivity index (χ0n) is 10.6. The predicted octanol–water partition coefficient (Wildman–Crippen LogP) is 3.33. The third-order valence-electron chi connectivity index (χ3n) is 2.91. The van der Waals surface area contributed by atoms with Crippen LogP contribution in [0.5, 0.6) is 11.5 Å². The summed E-state index contributed by atoms with van der Waals surface area (Å²) >= 11 is 5.96. The van der Waals surface area contributed by atoms with E-state index in [2.05, 4.69) is 19.2 Å². The summed E-state index contributed by atoms with van der Waals surface area (Å²) in [7, 11) is 1.52. The van der Waals surface area contributed by atoms with Crippen LogP contribution in [0.4, 0.5) is 0 Å². The first-order valence-corrected chi connectivity index (χ1v) is 6.28. The summed E-state index contributed by atoms with van der Waals surface area (Å²) in [6, 6.07) is 3.83. The highest BCUT2D eigenvalue weighted by atomic mass is 35.5. The lowest BCUT2D eigenvalue weighted by atomic mass is 10.1. The molecule has 2 N–H and O–H groups in total. The number of methoxy groups -OCH3 is 1. The largest absolute Gasteiger partial charge is 0.504 e. The standard InChI is InChI=1S/C13H20ClNO2/c1-4-11(5-2)15-8-9-6-10(14)7-12(17-3)13(9)16/h6-7,11,15-16H,4-5,8H2,1-3H3. The van der Waals surface area contributed by atoms with Crippen molar-refractivity contribution in [3.8, 4) is 11.5 Å². The van der Waals surface area contributed by atoms with Crippen LogP contribution in [0, 0.1) is 0 Å². The van der Waals surface area contributed by atoms with Gasteiger partial charge < -0.3 is 15.2 Å². The van der Waals surface area contributed by atoms with Gasteiger partial charge in [-0.05, 0) is 18.9 Å². The van der Waals surface area contributed by atoms with E-state index >= 15 is 0 Å². The number of benzene rings is 1. The van der Waals surface area contributed by atoms with Crippen LogP contribution in [-0.4, -0.2) is 18.3 Å². The van der Waals surface area contributed by atoms with Crippen molar-refractivity contribution in [1.29, 1.82) is 0 Å². The maximum Gasteiger partial charge on any atom is 0.162 e. The summed E-state index contributed by atoms with van der Waals surface area (Å²) in [5.74, 6) is 0.578. The zero-order valence-corrected chi connectivity index (χ0v) is 11.3. The molecule has 0 aliphatic rings. The summed E-state index contributed by atoms with van der Waals surface area (Å²) in [4.78, 5) is 0. The topological polar surface area (TPSA) is 41.5 Å². The van der Waals surface area contributed by atoms with Gasteiger partial charge in [-0.2, -0.15) is 0 Å². The van der Waals surface area contributed by atoms with Crippen LogP contribution in [-0.2, 0) is 6.54 Å². The Labute approximate surface area is 108 Å². The fourth-order valence-corrected chi connectivity index (χ4v) is 1.98. The van der Waals surface area contributed by atoms with Crippen LogP contribution in [0.25, 0.3) is 0 Å². The number of aromatic hydroxyl groups is 1. The normalized spacial score (nSPS) is 10.9. The molecule has 0 spiro atoms. The molecule has 1 aromatic carbocycles. The van der Waals surface area contributed by atoms with Gasteiger partial charge >= 0.3 is 0 Å². The fraction of sp³-hybridized carbons (Fsp3) is 0.538. The Balaban J connectivity index is 2.80. The Morgan fingerprint density at radius 3 is 2.53 bits per heavy atom. The van der Waals surface area contributed by atoms with Gasteiger partial charge in [0.1, 0.15) is 0 Å². The summed E-state index contributed by atoms with van der Waals surface area (Å²) in [6.45, 7) is 4.87. The van der Waals surface area contributed by atoms with E-state index in [1.807, 2.05) is 0 Å². The van der Waals surface area contributed by atoms with E-state index in [0.29, 0.717) is 23.4 Å². The van der Waals surface area contributed by atoms with Gasteiger partial charge in [-0.15, -0.1) is 0 Å². The van der Waals surface area contributed by atoms with Gasteiger partial charge in [-0.1, -0.05) is 25.4 Å². The van der Waals surface area contributed by atoms with Crippen molar-refractivity contribution in [2.45, 2.75) is 39.3 Å². The lowest BCUT2D eigenvalue weighted by Crippen LogP contribution is -2.27. The molecule has 0 atom stereocenters. The van der Waals surface area contributed by atoms with Crippen molar-refractivity contribution in [1.82, 2.24) is 5.32 Å². The molecule has 96 valence electrons. The average molecular weight is 258 g/mol. The Morgan fingerprint density at radius 1 is 1.35 bits per heavy atom. The molecule has 0 aliphatic heterocycles. The van der Waals surface area contributed by atoms with Crippen LogP contribution in [0.15, 0.2) is 12.1 Å². The highest BCUT2D eigenvalue weighted by Gasteiger charge is 2.11. The molecule has 1 aromatic rings. The quantitative estimate of drug-likeness (QED) is 0.821. The molecule has 3 nitrogen and oxygen atoms in total. The van der Waals surface area contributed by atoms with E-state index in [0.717, 1.165) is 18.4 Å². The molecule has 0 saturated heterocycles. The molecule has 0 heterocycles. The Bertz CT molecular complexity index is 365. The van der Waals surface area contributed by atoms with Crippen molar-refractivity contribution >= 4 is 11.6 Å². The number of phenolic OH excluding ortho intramolecular Hbond substituents is 1. The molecule has 1 rings (SSSR count). The average Bonchev–Trinajstić information content (AvgIpc) is 2.34. The minimum atomic E-state index is 0.162. The molecule has 0 aliphatic carbocycles. The lowest BCUT2D eigenvalue weighted by molar-refractivity contribution is 0.368. The van der Waals surface area contributed by atoms with Crippen molar-refractivity contribution in [2.75, 3.05) is 7.11 Å². The monoisotopic (exact) mass is 257 g/mol. The minimum absolute atomic E-state index is 0.162. The molecule has 0 unspecified atom stereocenters. The second kappa shape index (κ2) is 6.72. The molecule has 0 bridgehead atoms. The first-order chi connectivity index (χ1) is 8.12. The Morgan fingerprint density at radius 2 is 2.00 bits per heavy atom. The van der Waals surface area contributed by atoms with Crippen LogP contribution in [0.2, 0.25) is 5.02 Å². The number of phenols is 1. The van der Waals surface area contributed by atoms with E-state index in [9.17, 15) is 5.11 Å². The summed E-state index contributed by atoms with van der Waals surface area (Å²) < 4.78 is 5.06. The van der Waals surface area contributed by atoms with Crippen LogP contribution < -0.4 is 10.1 Å². The van der Waals surface area contributed by atoms with E-state index in [1.165, 1.54) is 7.11 Å². The second-order valence-corrected chi connectivity index (χ2v) is 4.45. The SMILES string of the molecule is CCC(CC)NCc1cc(Cl)cc(OC)c1O. The summed E-state index contributed by atoms with van der Waals surface area (Å²) in [6.07, 6.45) is 2.13. The van der Waals surface area contributed by atoms with Crippen LogP contribution in [0.1, 0.15) is 32.3 Å². The molecule has 0 fully saturated rings. The van der Waals surface area contributed by atoms with Gasteiger partial charge in [0.15, 0.2) is 11.5 Å². The molecule has 0 aromatic heterocycles. The minimum Gasteiger partial charge on any atom is -0.504 e. The molecule has 0 radical (unpaired) electrons. The fourth-order valence-electron chi connectivity index (χ4n) is 1.75. The Kier molecular flexibility index (Phi) is 5.59. The zero-order chi connectivity index (χ0) is 12.8. The van der Waals surface area contributed by atoms with Gasteiger partial charge in [-0.3, -0.25) is 0 Å².